The zero-order valence-corrected chi connectivity index (χ0v) is 25.4. The van der Waals surface area contributed by atoms with Crippen LogP contribution < -0.4 is 10.4 Å². The summed E-state index contributed by atoms with van der Waals surface area (Å²) in [4.78, 5) is 0. The molecule has 4 aromatic rings. The van der Waals surface area contributed by atoms with Crippen molar-refractivity contribution in [2.45, 2.75) is 51.9 Å². The van der Waals surface area contributed by atoms with Crippen LogP contribution in [0.3, 0.4) is 0 Å². The van der Waals surface area contributed by atoms with Gasteiger partial charge < -0.3 is 4.57 Å². The number of aryl methyl sites for hydroxylation is 1. The van der Waals surface area contributed by atoms with E-state index in [9.17, 15) is 0 Å². The lowest BCUT2D eigenvalue weighted by molar-refractivity contribution is 0.747. The number of allylic oxidation sites excluding steroid dienone is 13. The molecule has 214 valence electrons. The lowest BCUT2D eigenvalue weighted by Gasteiger charge is -2.25. The number of fused-ring (bicyclic) bond motifs is 6. The smallest absolute Gasteiger partial charge is 0.0534 e. The Bertz CT molecular complexity index is 2250. The molecule has 1 aromatic heterocycles. The second-order valence-electron chi connectivity index (χ2n) is 13.1. The Hall–Kier alpha value is -4.62. The standard InChI is InChI=1S/C43H37N/c1-28-18-19-31-27-32(21-20-30(31)26-28)43-38-14-4-2-12-36(38)42(37-13-3-5-15-39(37)43)29-22-24-33(25-23-29)44-40-16-8-6-10-34(40)35-11-7-9-17-41(35)44/h2,4,6,8-10,12-22,24,27,30H,3,5,7,11,23,25-26H2,1H3. The summed E-state index contributed by atoms with van der Waals surface area (Å²) in [5.41, 5.74) is 14.2. The van der Waals surface area contributed by atoms with Gasteiger partial charge in [-0.3, -0.25) is 0 Å². The van der Waals surface area contributed by atoms with Crippen molar-refractivity contribution in [2.24, 2.45) is 5.92 Å². The van der Waals surface area contributed by atoms with Gasteiger partial charge >= 0.3 is 0 Å². The molecule has 5 aliphatic rings. The maximum absolute atomic E-state index is 2.54. The van der Waals surface area contributed by atoms with E-state index in [0.29, 0.717) is 5.92 Å². The van der Waals surface area contributed by atoms with Gasteiger partial charge in [-0.05, 0) is 125 Å². The highest BCUT2D eigenvalue weighted by Crippen LogP contribution is 2.40. The Labute approximate surface area is 259 Å². The quantitative estimate of drug-likeness (QED) is 0.232. The van der Waals surface area contributed by atoms with Gasteiger partial charge in [0.1, 0.15) is 0 Å². The normalized spacial score (nSPS) is 20.4. The van der Waals surface area contributed by atoms with E-state index >= 15 is 0 Å². The predicted molar refractivity (Wildman–Crippen MR) is 189 cm³/mol. The van der Waals surface area contributed by atoms with Crippen LogP contribution in [0.15, 0.2) is 108 Å². The molecule has 5 aliphatic carbocycles. The summed E-state index contributed by atoms with van der Waals surface area (Å²) in [5.74, 6) is 0.507. The molecule has 1 heteroatoms. The highest BCUT2D eigenvalue weighted by atomic mass is 15.0. The van der Waals surface area contributed by atoms with Gasteiger partial charge in [0.15, 0.2) is 0 Å². The van der Waals surface area contributed by atoms with Crippen LogP contribution in [0.5, 0.6) is 0 Å². The summed E-state index contributed by atoms with van der Waals surface area (Å²) >= 11 is 0. The Kier molecular flexibility index (Phi) is 6.01. The van der Waals surface area contributed by atoms with Gasteiger partial charge in [-0.25, -0.2) is 0 Å². The lowest BCUT2D eigenvalue weighted by atomic mass is 9.79. The summed E-state index contributed by atoms with van der Waals surface area (Å²) in [7, 11) is 0. The first-order valence-corrected chi connectivity index (χ1v) is 16.5. The molecule has 1 unspecified atom stereocenters. The Morgan fingerprint density at radius 1 is 0.705 bits per heavy atom. The van der Waals surface area contributed by atoms with Crippen LogP contribution in [0.25, 0.3) is 56.7 Å². The second-order valence-corrected chi connectivity index (χ2v) is 13.1. The molecule has 44 heavy (non-hydrogen) atoms. The van der Waals surface area contributed by atoms with Crippen molar-refractivity contribution >= 4 is 56.7 Å². The zero-order valence-electron chi connectivity index (χ0n) is 25.4. The number of benzene rings is 3. The highest BCUT2D eigenvalue weighted by molar-refractivity contribution is 6.04. The van der Waals surface area contributed by atoms with E-state index in [0.717, 1.165) is 44.9 Å². The van der Waals surface area contributed by atoms with E-state index in [-0.39, 0.29) is 0 Å². The van der Waals surface area contributed by atoms with E-state index < -0.39 is 0 Å². The number of hydrogen-bond donors (Lipinski definition) is 0. The SMILES string of the molecule is CC1=CC=C2C=C(c3c4c(c(C5=CC=C(n6c7c(c8ccccc86)CCC=C7)CC5)c5ccccc35)=CCCC=4)C=CC2C1. The maximum atomic E-state index is 2.54. The third-order valence-electron chi connectivity index (χ3n) is 10.4. The van der Waals surface area contributed by atoms with E-state index in [1.165, 1.54) is 82.5 Å². The Balaban J connectivity index is 1.22. The van der Waals surface area contributed by atoms with Gasteiger partial charge in [0.05, 0.1) is 5.52 Å². The van der Waals surface area contributed by atoms with Crippen LogP contribution in [0.1, 0.15) is 67.8 Å². The van der Waals surface area contributed by atoms with Crippen LogP contribution in [0, 0.1) is 5.92 Å². The first-order chi connectivity index (χ1) is 21.7. The molecule has 0 bridgehead atoms. The fraction of sp³-hybridized carbons (Fsp3) is 0.209. The number of rotatable bonds is 3. The van der Waals surface area contributed by atoms with Crippen molar-refractivity contribution in [1.29, 1.82) is 0 Å². The number of aromatic nitrogens is 1. The lowest BCUT2D eigenvalue weighted by Crippen LogP contribution is -2.34. The summed E-state index contributed by atoms with van der Waals surface area (Å²) in [5, 5.41) is 7.03. The average molecular weight is 568 g/mol. The molecule has 0 saturated heterocycles. The van der Waals surface area contributed by atoms with Crippen LogP contribution in [0.4, 0.5) is 0 Å². The van der Waals surface area contributed by atoms with Gasteiger partial charge in [-0.15, -0.1) is 0 Å². The molecule has 0 N–H and O–H groups in total. The molecule has 1 nitrogen and oxygen atoms in total. The van der Waals surface area contributed by atoms with Crippen molar-refractivity contribution in [2.75, 3.05) is 0 Å². The monoisotopic (exact) mass is 567 g/mol. The zero-order chi connectivity index (χ0) is 29.2. The van der Waals surface area contributed by atoms with Gasteiger partial charge in [0.25, 0.3) is 0 Å². The fourth-order valence-corrected chi connectivity index (χ4v) is 8.36. The fourth-order valence-electron chi connectivity index (χ4n) is 8.36. The summed E-state index contributed by atoms with van der Waals surface area (Å²) < 4.78 is 2.54. The van der Waals surface area contributed by atoms with Crippen LogP contribution in [0.2, 0.25) is 0 Å². The Morgan fingerprint density at radius 2 is 1.48 bits per heavy atom. The number of nitrogens with zero attached hydrogens (tertiary/aromatic N) is 1. The minimum absolute atomic E-state index is 0.507. The molecule has 0 spiro atoms. The third-order valence-corrected chi connectivity index (χ3v) is 10.4. The van der Waals surface area contributed by atoms with Gasteiger partial charge in [-0.2, -0.15) is 0 Å². The molecular weight excluding hydrogens is 530 g/mol. The predicted octanol–water partition coefficient (Wildman–Crippen LogP) is 9.67. The topological polar surface area (TPSA) is 4.93 Å². The molecule has 3 aromatic carbocycles. The van der Waals surface area contributed by atoms with E-state index in [4.69, 9.17) is 0 Å². The summed E-state index contributed by atoms with van der Waals surface area (Å²) in [6.45, 7) is 2.25. The molecule has 0 fully saturated rings. The molecule has 0 amide bonds. The minimum atomic E-state index is 0.507. The van der Waals surface area contributed by atoms with Crippen molar-refractivity contribution in [3.05, 3.63) is 141 Å². The van der Waals surface area contributed by atoms with Crippen LogP contribution in [-0.2, 0) is 6.42 Å². The molecule has 9 rings (SSSR count). The molecular formula is C43H37N. The largest absolute Gasteiger partial charge is 0.313 e. The van der Waals surface area contributed by atoms with Crippen molar-refractivity contribution in [1.82, 2.24) is 4.57 Å². The van der Waals surface area contributed by atoms with Crippen molar-refractivity contribution in [3.8, 4) is 0 Å². The average Bonchev–Trinajstić information content (AvgIpc) is 3.41. The van der Waals surface area contributed by atoms with Crippen molar-refractivity contribution < 1.29 is 0 Å². The third kappa shape index (κ3) is 3.99. The van der Waals surface area contributed by atoms with E-state index in [2.05, 4.69) is 127 Å². The van der Waals surface area contributed by atoms with Crippen LogP contribution in [-0.4, -0.2) is 4.57 Å². The first-order valence-electron chi connectivity index (χ1n) is 16.5. The second kappa shape index (κ2) is 10.2. The molecule has 0 aliphatic heterocycles. The molecule has 1 heterocycles. The minimum Gasteiger partial charge on any atom is -0.313 e. The van der Waals surface area contributed by atoms with Gasteiger partial charge in [-0.1, -0.05) is 103 Å². The van der Waals surface area contributed by atoms with E-state index in [1.807, 2.05) is 0 Å². The van der Waals surface area contributed by atoms with Gasteiger partial charge in [0, 0.05) is 22.7 Å². The summed E-state index contributed by atoms with van der Waals surface area (Å²) in [6.07, 6.45) is 34.2. The number of hydrogen-bond acceptors (Lipinski definition) is 0. The molecule has 0 saturated carbocycles. The van der Waals surface area contributed by atoms with E-state index in [1.54, 1.807) is 0 Å². The van der Waals surface area contributed by atoms with Crippen LogP contribution >= 0.6 is 0 Å². The first kappa shape index (κ1) is 25.8. The molecule has 0 radical (unpaired) electrons. The number of para-hydroxylation sites is 1. The van der Waals surface area contributed by atoms with Crippen molar-refractivity contribution in [3.63, 3.8) is 0 Å². The highest BCUT2D eigenvalue weighted by Gasteiger charge is 2.24. The maximum Gasteiger partial charge on any atom is 0.0534 e. The van der Waals surface area contributed by atoms with Gasteiger partial charge in [0.2, 0.25) is 0 Å². The summed E-state index contributed by atoms with van der Waals surface area (Å²) in [6, 6.07) is 18.1. The molecule has 1 atom stereocenters. The Morgan fingerprint density at radius 3 is 2.30 bits per heavy atom.